The Hall–Kier alpha value is -1.93. The van der Waals surface area contributed by atoms with Gasteiger partial charge in [0.2, 0.25) is 10.0 Å². The van der Waals surface area contributed by atoms with Gasteiger partial charge in [-0.25, -0.2) is 8.42 Å². The van der Waals surface area contributed by atoms with Crippen LogP contribution in [-0.4, -0.2) is 62.0 Å². The summed E-state index contributed by atoms with van der Waals surface area (Å²) in [6.45, 7) is 4.48. The number of hydrogen-bond donors (Lipinski definition) is 1. The monoisotopic (exact) mass is 435 g/mol. The number of piperazine rings is 1. The molecule has 156 valence electrons. The third kappa shape index (κ3) is 5.79. The summed E-state index contributed by atoms with van der Waals surface area (Å²) in [5.41, 5.74) is 2.30. The largest absolute Gasteiger partial charge is 0.333 e. The second-order valence-corrected chi connectivity index (χ2v) is 9.65. The minimum absolute atomic E-state index is 0.101. The van der Waals surface area contributed by atoms with Crippen molar-refractivity contribution in [3.8, 4) is 0 Å². The van der Waals surface area contributed by atoms with Crippen LogP contribution in [0.4, 0.5) is 0 Å². The highest BCUT2D eigenvalue weighted by Gasteiger charge is 2.26. The second kappa shape index (κ2) is 9.71. The van der Waals surface area contributed by atoms with E-state index in [1.54, 1.807) is 17.0 Å². The zero-order valence-electron chi connectivity index (χ0n) is 16.5. The Morgan fingerprint density at radius 2 is 1.86 bits per heavy atom. The molecule has 1 N–H and O–H groups in total. The van der Waals surface area contributed by atoms with E-state index in [-0.39, 0.29) is 24.7 Å². The summed E-state index contributed by atoms with van der Waals surface area (Å²) in [6.07, 6.45) is 0. The number of amides is 1. The van der Waals surface area contributed by atoms with Crippen LogP contribution in [0.1, 0.15) is 21.5 Å². The molecule has 0 atom stereocenters. The summed E-state index contributed by atoms with van der Waals surface area (Å²) in [5, 5.41) is 3.71. The Kier molecular flexibility index (Phi) is 7.29. The predicted octanol–water partition coefficient (Wildman–Crippen LogP) is 2.53. The summed E-state index contributed by atoms with van der Waals surface area (Å²) in [4.78, 5) is 14.7. The summed E-state index contributed by atoms with van der Waals surface area (Å²) in [7, 11) is -3.44. The van der Waals surface area contributed by atoms with Gasteiger partial charge >= 0.3 is 0 Å². The van der Waals surface area contributed by atoms with Gasteiger partial charge in [0.25, 0.3) is 5.91 Å². The number of carbonyl (C=O) groups excluding carboxylic acids is 1. The summed E-state index contributed by atoms with van der Waals surface area (Å²) >= 11 is 6.28. The van der Waals surface area contributed by atoms with E-state index in [2.05, 4.69) is 5.32 Å². The number of sulfonamides is 1. The number of nitrogens with one attached hydrogen (secondary N) is 1. The smallest absolute Gasteiger partial charge is 0.254 e. The highest BCUT2D eigenvalue weighted by Crippen LogP contribution is 2.19. The van der Waals surface area contributed by atoms with Gasteiger partial charge in [-0.2, -0.15) is 4.31 Å². The normalized spacial score (nSPS) is 15.2. The minimum atomic E-state index is -3.44. The van der Waals surface area contributed by atoms with Gasteiger partial charge in [-0.3, -0.25) is 4.79 Å². The second-order valence-electron chi connectivity index (χ2n) is 7.15. The van der Waals surface area contributed by atoms with E-state index in [4.69, 9.17) is 11.6 Å². The Morgan fingerprint density at radius 3 is 2.55 bits per heavy atom. The maximum absolute atomic E-state index is 13.2. The first-order valence-electron chi connectivity index (χ1n) is 9.65. The molecule has 1 aliphatic heterocycles. The molecule has 0 unspecified atom stereocenters. The molecular formula is C21H26ClN3O3S. The third-order valence-corrected chi connectivity index (χ3v) is 7.18. The van der Waals surface area contributed by atoms with Crippen LogP contribution in [-0.2, 0) is 16.6 Å². The Labute approximate surface area is 177 Å². The van der Waals surface area contributed by atoms with Gasteiger partial charge in [0.15, 0.2) is 0 Å². The SMILES string of the molecule is Cc1cccc(C(=O)N(CCS(=O)(=O)N2CCNCC2)Cc2ccccc2Cl)c1. The van der Waals surface area contributed by atoms with Gasteiger partial charge in [0.1, 0.15) is 0 Å². The summed E-state index contributed by atoms with van der Waals surface area (Å²) < 4.78 is 27.0. The molecule has 29 heavy (non-hydrogen) atoms. The molecule has 0 aromatic heterocycles. The van der Waals surface area contributed by atoms with Gasteiger partial charge in [-0.05, 0) is 30.7 Å². The van der Waals surface area contributed by atoms with Crippen LogP contribution in [0.3, 0.4) is 0 Å². The molecule has 0 spiro atoms. The Morgan fingerprint density at radius 1 is 1.14 bits per heavy atom. The van der Waals surface area contributed by atoms with Crippen LogP contribution < -0.4 is 5.32 Å². The average Bonchev–Trinajstić information content (AvgIpc) is 2.72. The van der Waals surface area contributed by atoms with Crippen molar-refractivity contribution in [3.63, 3.8) is 0 Å². The Balaban J connectivity index is 1.80. The molecule has 0 bridgehead atoms. The van der Waals surface area contributed by atoms with Crippen LogP contribution in [0, 0.1) is 6.92 Å². The number of rotatable bonds is 7. The number of carbonyl (C=O) groups is 1. The molecule has 1 fully saturated rings. The molecule has 1 amide bonds. The standard InChI is InChI=1S/C21H26ClN3O3S/c1-17-5-4-7-18(15-17)21(26)24(16-19-6-2-3-8-20(19)22)13-14-29(27,28)25-11-9-23-10-12-25/h2-8,15,23H,9-14,16H2,1H3. The van der Waals surface area contributed by atoms with E-state index in [1.165, 1.54) is 4.31 Å². The molecule has 2 aromatic carbocycles. The number of benzene rings is 2. The van der Waals surface area contributed by atoms with Crippen molar-refractivity contribution in [3.05, 3.63) is 70.2 Å². The van der Waals surface area contributed by atoms with E-state index >= 15 is 0 Å². The summed E-state index contributed by atoms with van der Waals surface area (Å²) in [5.74, 6) is -0.321. The lowest BCUT2D eigenvalue weighted by Crippen LogP contribution is -2.48. The Bertz CT molecular complexity index is 959. The van der Waals surface area contributed by atoms with Gasteiger partial charge in [-0.1, -0.05) is 47.5 Å². The molecule has 0 saturated carbocycles. The highest BCUT2D eigenvalue weighted by atomic mass is 35.5. The zero-order valence-corrected chi connectivity index (χ0v) is 18.0. The molecule has 0 aliphatic carbocycles. The molecule has 2 aromatic rings. The first-order valence-corrected chi connectivity index (χ1v) is 11.6. The maximum Gasteiger partial charge on any atom is 0.254 e. The molecule has 1 saturated heterocycles. The lowest BCUT2D eigenvalue weighted by molar-refractivity contribution is 0.0753. The van der Waals surface area contributed by atoms with Crippen molar-refractivity contribution >= 4 is 27.5 Å². The summed E-state index contributed by atoms with van der Waals surface area (Å²) in [6, 6.07) is 14.6. The number of halogens is 1. The van der Waals surface area contributed by atoms with Gasteiger partial charge in [0.05, 0.1) is 5.75 Å². The highest BCUT2D eigenvalue weighted by molar-refractivity contribution is 7.89. The first kappa shape index (κ1) is 21.8. The van der Waals surface area contributed by atoms with E-state index in [0.29, 0.717) is 36.8 Å². The van der Waals surface area contributed by atoms with Crippen LogP contribution in [0.15, 0.2) is 48.5 Å². The van der Waals surface area contributed by atoms with Gasteiger partial charge in [0, 0.05) is 49.9 Å². The quantitative estimate of drug-likeness (QED) is 0.725. The third-order valence-electron chi connectivity index (χ3n) is 4.96. The van der Waals surface area contributed by atoms with Crippen LogP contribution in [0.25, 0.3) is 0 Å². The van der Waals surface area contributed by atoms with E-state index in [1.807, 2.05) is 43.3 Å². The molecule has 1 heterocycles. The van der Waals surface area contributed by atoms with Gasteiger partial charge < -0.3 is 10.2 Å². The lowest BCUT2D eigenvalue weighted by Gasteiger charge is -2.29. The molecule has 6 nitrogen and oxygen atoms in total. The predicted molar refractivity (Wildman–Crippen MR) is 116 cm³/mol. The van der Waals surface area contributed by atoms with Crippen LogP contribution >= 0.6 is 11.6 Å². The average molecular weight is 436 g/mol. The van der Waals surface area contributed by atoms with Crippen molar-refractivity contribution in [2.24, 2.45) is 0 Å². The van der Waals surface area contributed by atoms with E-state index in [0.717, 1.165) is 11.1 Å². The number of aryl methyl sites for hydroxylation is 1. The van der Waals surface area contributed by atoms with E-state index < -0.39 is 10.0 Å². The fraction of sp³-hybridized carbons (Fsp3) is 0.381. The molecule has 0 radical (unpaired) electrons. The van der Waals surface area contributed by atoms with Crippen molar-refractivity contribution in [2.45, 2.75) is 13.5 Å². The molecular weight excluding hydrogens is 410 g/mol. The topological polar surface area (TPSA) is 69.7 Å². The molecule has 1 aliphatic rings. The molecule has 3 rings (SSSR count). The lowest BCUT2D eigenvalue weighted by atomic mass is 10.1. The van der Waals surface area contributed by atoms with Crippen LogP contribution in [0.5, 0.6) is 0 Å². The van der Waals surface area contributed by atoms with Crippen molar-refractivity contribution in [1.29, 1.82) is 0 Å². The molecule has 8 heteroatoms. The van der Waals surface area contributed by atoms with Crippen LogP contribution in [0.2, 0.25) is 5.02 Å². The number of nitrogens with zero attached hydrogens (tertiary/aromatic N) is 2. The van der Waals surface area contributed by atoms with Crippen molar-refractivity contribution in [2.75, 3.05) is 38.5 Å². The first-order chi connectivity index (χ1) is 13.9. The number of hydrogen-bond acceptors (Lipinski definition) is 4. The minimum Gasteiger partial charge on any atom is -0.333 e. The van der Waals surface area contributed by atoms with Gasteiger partial charge in [-0.15, -0.1) is 0 Å². The zero-order chi connectivity index (χ0) is 20.9. The van der Waals surface area contributed by atoms with Crippen molar-refractivity contribution < 1.29 is 13.2 Å². The van der Waals surface area contributed by atoms with E-state index in [9.17, 15) is 13.2 Å². The maximum atomic E-state index is 13.2. The fourth-order valence-electron chi connectivity index (χ4n) is 3.32. The fourth-order valence-corrected chi connectivity index (χ4v) is 4.97. The van der Waals surface area contributed by atoms with Crippen molar-refractivity contribution in [1.82, 2.24) is 14.5 Å².